The van der Waals surface area contributed by atoms with Gasteiger partial charge in [0.2, 0.25) is 0 Å². The molecule has 0 saturated carbocycles. The number of rotatable bonds is 10. The van der Waals surface area contributed by atoms with Crippen LogP contribution in [0.3, 0.4) is 0 Å². The van der Waals surface area contributed by atoms with E-state index >= 15 is 0 Å². The molecule has 1 aromatic rings. The van der Waals surface area contributed by atoms with Crippen molar-refractivity contribution in [3.05, 3.63) is 29.8 Å². The van der Waals surface area contributed by atoms with E-state index in [1.165, 1.54) is 12.7 Å². The Morgan fingerprint density at radius 2 is 2.00 bits per heavy atom. The number of aliphatic imine (C=N–C) groups is 1. The number of guanidine groups is 1. The molecule has 6 nitrogen and oxygen atoms in total. The molecule has 0 aliphatic rings. The summed E-state index contributed by atoms with van der Waals surface area (Å²) in [7, 11) is 3.17. The van der Waals surface area contributed by atoms with Gasteiger partial charge in [0.05, 0.1) is 13.7 Å². The van der Waals surface area contributed by atoms with E-state index in [-0.39, 0.29) is 36.0 Å². The number of nitrogens with one attached hydrogen (secondary N) is 2. The average molecular weight is 477 g/mol. The van der Waals surface area contributed by atoms with E-state index in [0.717, 1.165) is 37.5 Å². The highest BCUT2D eigenvalue weighted by atomic mass is 127. The molecule has 0 fully saturated rings. The van der Waals surface area contributed by atoms with Crippen LogP contribution in [0.25, 0.3) is 0 Å². The molecule has 148 valence electrons. The van der Waals surface area contributed by atoms with Crippen molar-refractivity contribution in [2.45, 2.75) is 45.6 Å². The first-order chi connectivity index (χ1) is 12.0. The predicted octanol–water partition coefficient (Wildman–Crippen LogP) is 3.28. The fraction of sp³-hybridized carbons (Fsp3) is 0.579. The lowest BCUT2D eigenvalue weighted by Crippen LogP contribution is -2.42. The normalized spacial score (nSPS) is 11.9. The third-order valence-electron chi connectivity index (χ3n) is 3.69. The summed E-state index contributed by atoms with van der Waals surface area (Å²) < 4.78 is 10.5. The lowest BCUT2D eigenvalue weighted by atomic mass is 10.2. The number of carbonyl (C=O) groups excluding carboxylic acids is 1. The van der Waals surface area contributed by atoms with Gasteiger partial charge in [0.25, 0.3) is 0 Å². The van der Waals surface area contributed by atoms with Gasteiger partial charge in [-0.2, -0.15) is 0 Å². The van der Waals surface area contributed by atoms with Crippen LogP contribution < -0.4 is 15.4 Å². The zero-order chi connectivity index (χ0) is 18.5. The Labute approximate surface area is 174 Å². The van der Waals surface area contributed by atoms with Crippen molar-refractivity contribution in [1.29, 1.82) is 0 Å². The molecule has 26 heavy (non-hydrogen) atoms. The van der Waals surface area contributed by atoms with Crippen LogP contribution in [0.4, 0.5) is 0 Å². The zero-order valence-corrected chi connectivity index (χ0v) is 18.5. The standard InChI is InChI=1S/C19H31N3O3.HI/c1-15-9-8-10-17(13-15)25-16(2)14-22-19(20-3)21-12-7-5-6-11-18(23)24-4;/h8-10,13,16H,5-7,11-12,14H2,1-4H3,(H2,20,21,22);1H. The minimum atomic E-state index is -0.145. The van der Waals surface area contributed by atoms with Crippen LogP contribution in [0.2, 0.25) is 0 Å². The Bertz CT molecular complexity index is 553. The topological polar surface area (TPSA) is 72.0 Å². The molecule has 7 heteroatoms. The highest BCUT2D eigenvalue weighted by molar-refractivity contribution is 14.0. The minimum absolute atomic E-state index is 0. The van der Waals surface area contributed by atoms with Crippen LogP contribution in [-0.2, 0) is 9.53 Å². The fourth-order valence-electron chi connectivity index (χ4n) is 2.30. The van der Waals surface area contributed by atoms with Crippen molar-refractivity contribution < 1.29 is 14.3 Å². The molecule has 0 amide bonds. The molecule has 2 N–H and O–H groups in total. The van der Waals surface area contributed by atoms with Crippen molar-refractivity contribution in [1.82, 2.24) is 10.6 Å². The van der Waals surface area contributed by atoms with E-state index in [1.54, 1.807) is 7.05 Å². The lowest BCUT2D eigenvalue weighted by molar-refractivity contribution is -0.140. The number of benzene rings is 1. The molecule has 0 spiro atoms. The van der Waals surface area contributed by atoms with Gasteiger partial charge in [-0.15, -0.1) is 24.0 Å². The van der Waals surface area contributed by atoms with Crippen molar-refractivity contribution in [2.24, 2.45) is 4.99 Å². The molecule has 0 aliphatic heterocycles. The second-order valence-electron chi connectivity index (χ2n) is 6.01. The molecule has 0 aliphatic carbocycles. The summed E-state index contributed by atoms with van der Waals surface area (Å²) in [6.07, 6.45) is 3.32. The average Bonchev–Trinajstić information content (AvgIpc) is 2.60. The molecular weight excluding hydrogens is 445 g/mol. The monoisotopic (exact) mass is 477 g/mol. The van der Waals surface area contributed by atoms with Gasteiger partial charge in [-0.05, 0) is 44.4 Å². The number of methoxy groups -OCH3 is 1. The lowest BCUT2D eigenvalue weighted by Gasteiger charge is -2.18. The van der Waals surface area contributed by atoms with Gasteiger partial charge in [0, 0.05) is 20.0 Å². The smallest absolute Gasteiger partial charge is 0.305 e. The minimum Gasteiger partial charge on any atom is -0.489 e. The van der Waals surface area contributed by atoms with Gasteiger partial charge in [-0.3, -0.25) is 9.79 Å². The number of hydrogen-bond acceptors (Lipinski definition) is 4. The van der Waals surface area contributed by atoms with E-state index in [2.05, 4.69) is 20.4 Å². The van der Waals surface area contributed by atoms with E-state index in [0.29, 0.717) is 13.0 Å². The van der Waals surface area contributed by atoms with E-state index in [9.17, 15) is 4.79 Å². The number of hydrogen-bond donors (Lipinski definition) is 2. The second-order valence-corrected chi connectivity index (χ2v) is 6.01. The van der Waals surface area contributed by atoms with E-state index in [4.69, 9.17) is 4.74 Å². The third-order valence-corrected chi connectivity index (χ3v) is 3.69. The highest BCUT2D eigenvalue weighted by Crippen LogP contribution is 2.13. The number of nitrogens with zero attached hydrogens (tertiary/aromatic N) is 1. The number of ether oxygens (including phenoxy) is 2. The Balaban J connectivity index is 0.00000625. The number of aryl methyl sites for hydroxylation is 1. The maximum Gasteiger partial charge on any atom is 0.305 e. The Morgan fingerprint density at radius 1 is 1.23 bits per heavy atom. The van der Waals surface area contributed by atoms with Gasteiger partial charge < -0.3 is 20.1 Å². The van der Waals surface area contributed by atoms with Gasteiger partial charge in [0.1, 0.15) is 11.9 Å². The van der Waals surface area contributed by atoms with Crippen LogP contribution in [0.1, 0.15) is 38.2 Å². The first-order valence-corrected chi connectivity index (χ1v) is 8.79. The largest absolute Gasteiger partial charge is 0.489 e. The van der Waals surface area contributed by atoms with Crippen molar-refractivity contribution in [3.63, 3.8) is 0 Å². The molecule has 0 aromatic heterocycles. The van der Waals surface area contributed by atoms with Gasteiger partial charge in [-0.1, -0.05) is 18.6 Å². The van der Waals surface area contributed by atoms with Crippen LogP contribution in [0.5, 0.6) is 5.75 Å². The molecular formula is C19H32IN3O3. The quantitative estimate of drug-likeness (QED) is 0.178. The molecule has 0 radical (unpaired) electrons. The first-order valence-electron chi connectivity index (χ1n) is 8.79. The summed E-state index contributed by atoms with van der Waals surface area (Å²) in [6.45, 7) is 5.55. The van der Waals surface area contributed by atoms with E-state index in [1.807, 2.05) is 38.1 Å². The third kappa shape index (κ3) is 11.2. The van der Waals surface area contributed by atoms with Gasteiger partial charge in [-0.25, -0.2) is 0 Å². The molecule has 0 saturated heterocycles. The maximum absolute atomic E-state index is 11.0. The fourth-order valence-corrected chi connectivity index (χ4v) is 2.30. The highest BCUT2D eigenvalue weighted by Gasteiger charge is 2.06. The van der Waals surface area contributed by atoms with Crippen molar-refractivity contribution >= 4 is 35.9 Å². The molecule has 1 rings (SSSR count). The van der Waals surface area contributed by atoms with E-state index < -0.39 is 0 Å². The molecule has 0 heterocycles. The Hall–Kier alpha value is -1.51. The van der Waals surface area contributed by atoms with Gasteiger partial charge >= 0.3 is 5.97 Å². The van der Waals surface area contributed by atoms with Gasteiger partial charge in [0.15, 0.2) is 5.96 Å². The molecule has 0 bridgehead atoms. The molecule has 1 aromatic carbocycles. The predicted molar refractivity (Wildman–Crippen MR) is 117 cm³/mol. The molecule has 1 unspecified atom stereocenters. The maximum atomic E-state index is 11.0. The summed E-state index contributed by atoms with van der Waals surface area (Å²) in [6, 6.07) is 8.03. The second kappa shape index (κ2) is 14.6. The number of esters is 1. The summed E-state index contributed by atoms with van der Waals surface area (Å²) in [4.78, 5) is 15.2. The number of unbranched alkanes of at least 4 members (excludes halogenated alkanes) is 2. The number of carbonyl (C=O) groups is 1. The van der Waals surface area contributed by atoms with Crippen molar-refractivity contribution in [3.8, 4) is 5.75 Å². The van der Waals surface area contributed by atoms with Crippen molar-refractivity contribution in [2.75, 3.05) is 27.2 Å². The summed E-state index contributed by atoms with van der Waals surface area (Å²) in [5.41, 5.74) is 1.18. The summed E-state index contributed by atoms with van der Waals surface area (Å²) in [5.74, 6) is 1.49. The summed E-state index contributed by atoms with van der Waals surface area (Å²) >= 11 is 0. The number of halogens is 1. The SMILES string of the molecule is CN=C(NCCCCCC(=O)OC)NCC(C)Oc1cccc(C)c1.I. The van der Waals surface area contributed by atoms with Crippen LogP contribution in [0, 0.1) is 6.92 Å². The Kier molecular flexibility index (Phi) is 13.8. The summed E-state index contributed by atoms with van der Waals surface area (Å²) in [5, 5.41) is 6.53. The Morgan fingerprint density at radius 3 is 2.65 bits per heavy atom. The molecule has 1 atom stereocenters. The van der Waals surface area contributed by atoms with Crippen LogP contribution >= 0.6 is 24.0 Å². The zero-order valence-electron chi connectivity index (χ0n) is 16.2. The van der Waals surface area contributed by atoms with Crippen LogP contribution in [0.15, 0.2) is 29.3 Å². The van der Waals surface area contributed by atoms with Crippen LogP contribution in [-0.4, -0.2) is 45.3 Å². The first kappa shape index (κ1) is 24.5.